The van der Waals surface area contributed by atoms with Gasteiger partial charge >= 0.3 is 0 Å². The average molecular weight is 287 g/mol. The number of halogens is 1. The minimum Gasteiger partial charge on any atom is -0.374 e. The van der Waals surface area contributed by atoms with E-state index in [2.05, 4.69) is 20.9 Å². The topological polar surface area (TPSA) is 48.1 Å². The lowest BCUT2D eigenvalue weighted by atomic mass is 9.93. The molecule has 90 valence electrons. The Labute approximate surface area is 106 Å². The van der Waals surface area contributed by atoms with Gasteiger partial charge in [-0.25, -0.2) is 0 Å². The molecule has 0 amide bonds. The molecule has 0 spiro atoms. The maximum atomic E-state index is 6.15. The van der Waals surface area contributed by atoms with Crippen LogP contribution >= 0.6 is 15.9 Å². The summed E-state index contributed by atoms with van der Waals surface area (Å²) in [6.07, 6.45) is 4.37. The predicted octanol–water partition coefficient (Wildman–Crippen LogP) is 2.53. The molecule has 1 rings (SSSR count). The molecule has 16 heavy (non-hydrogen) atoms. The van der Waals surface area contributed by atoms with Crippen LogP contribution in [0.4, 0.5) is 0 Å². The highest BCUT2D eigenvalue weighted by molar-refractivity contribution is 9.10. The van der Waals surface area contributed by atoms with Gasteiger partial charge in [0.25, 0.3) is 0 Å². The first-order chi connectivity index (χ1) is 7.45. The molecule has 4 heteroatoms. The van der Waals surface area contributed by atoms with Gasteiger partial charge in [0.15, 0.2) is 0 Å². The number of nitrogens with zero attached hydrogens (tertiary/aromatic N) is 1. The summed E-state index contributed by atoms with van der Waals surface area (Å²) < 4.78 is 6.61. The van der Waals surface area contributed by atoms with Crippen LogP contribution in [0.1, 0.15) is 26.3 Å². The molecule has 0 radical (unpaired) electrons. The molecule has 0 saturated carbocycles. The summed E-state index contributed by atoms with van der Waals surface area (Å²) in [7, 11) is 0. The highest BCUT2D eigenvalue weighted by Crippen LogP contribution is 2.18. The van der Waals surface area contributed by atoms with Crippen LogP contribution in [-0.2, 0) is 11.2 Å². The fraction of sp³-hybridized carbons (Fsp3) is 0.583. The smallest absolute Gasteiger partial charge is 0.0779 e. The van der Waals surface area contributed by atoms with Gasteiger partial charge < -0.3 is 10.5 Å². The molecule has 0 saturated heterocycles. The molecule has 0 aromatic carbocycles. The van der Waals surface area contributed by atoms with Crippen molar-refractivity contribution in [3.63, 3.8) is 0 Å². The third kappa shape index (κ3) is 3.85. The fourth-order valence-electron chi connectivity index (χ4n) is 1.55. The summed E-state index contributed by atoms with van der Waals surface area (Å²) in [5.41, 5.74) is 6.96. The Bertz CT molecular complexity index is 342. The summed E-state index contributed by atoms with van der Waals surface area (Å²) in [5, 5.41) is 0. The van der Waals surface area contributed by atoms with Crippen molar-refractivity contribution in [1.82, 2.24) is 4.98 Å². The zero-order valence-electron chi connectivity index (χ0n) is 10.0. The van der Waals surface area contributed by atoms with E-state index in [9.17, 15) is 0 Å². The molecule has 1 aromatic rings. The van der Waals surface area contributed by atoms with E-state index in [1.54, 1.807) is 6.20 Å². The number of nitrogens with two attached hydrogens (primary N) is 1. The second kappa shape index (κ2) is 5.75. The van der Waals surface area contributed by atoms with Crippen molar-refractivity contribution in [2.24, 2.45) is 5.73 Å². The Morgan fingerprint density at radius 3 is 2.75 bits per heavy atom. The van der Waals surface area contributed by atoms with E-state index in [1.165, 1.54) is 0 Å². The quantitative estimate of drug-likeness (QED) is 0.905. The third-order valence-corrected chi connectivity index (χ3v) is 3.06. The summed E-state index contributed by atoms with van der Waals surface area (Å²) in [5.74, 6) is 0. The van der Waals surface area contributed by atoms with Crippen molar-refractivity contribution in [1.29, 1.82) is 0 Å². The van der Waals surface area contributed by atoms with Gasteiger partial charge in [-0.15, -0.1) is 0 Å². The molecule has 2 N–H and O–H groups in total. The van der Waals surface area contributed by atoms with Crippen LogP contribution in [0.3, 0.4) is 0 Å². The monoisotopic (exact) mass is 286 g/mol. The Kier molecular flexibility index (Phi) is 4.89. The number of hydrogen-bond donors (Lipinski definition) is 1. The van der Waals surface area contributed by atoms with Crippen LogP contribution < -0.4 is 5.73 Å². The number of pyridine rings is 1. The van der Waals surface area contributed by atoms with Gasteiger partial charge in [0, 0.05) is 29.5 Å². The first-order valence-corrected chi connectivity index (χ1v) is 6.24. The highest BCUT2D eigenvalue weighted by Gasteiger charge is 2.26. The predicted molar refractivity (Wildman–Crippen MR) is 69.3 cm³/mol. The Morgan fingerprint density at radius 1 is 1.50 bits per heavy atom. The number of rotatable bonds is 5. The summed E-state index contributed by atoms with van der Waals surface area (Å²) >= 11 is 3.40. The summed E-state index contributed by atoms with van der Waals surface area (Å²) in [4.78, 5) is 4.12. The summed E-state index contributed by atoms with van der Waals surface area (Å²) in [6, 6.07) is 2.00. The molecule has 0 fully saturated rings. The molecule has 1 heterocycles. The second-order valence-electron chi connectivity index (χ2n) is 4.36. The van der Waals surface area contributed by atoms with Gasteiger partial charge in [0.05, 0.1) is 5.60 Å². The second-order valence-corrected chi connectivity index (χ2v) is 5.27. The van der Waals surface area contributed by atoms with Crippen LogP contribution in [0, 0.1) is 0 Å². The standard InChI is InChI=1S/C12H19BrN2O/c1-4-16-12(2,3)11(14)6-9-5-10(13)8-15-7-9/h5,7-8,11H,4,6,14H2,1-3H3. The Balaban J connectivity index is 2.67. The Morgan fingerprint density at radius 2 is 2.19 bits per heavy atom. The van der Waals surface area contributed by atoms with Gasteiger partial charge in [-0.2, -0.15) is 0 Å². The van der Waals surface area contributed by atoms with E-state index in [0.717, 1.165) is 16.5 Å². The largest absolute Gasteiger partial charge is 0.374 e. The van der Waals surface area contributed by atoms with Crippen molar-refractivity contribution in [3.8, 4) is 0 Å². The van der Waals surface area contributed by atoms with E-state index in [0.29, 0.717) is 6.61 Å². The molecule has 1 atom stereocenters. The van der Waals surface area contributed by atoms with E-state index in [1.807, 2.05) is 33.0 Å². The molecule has 0 bridgehead atoms. The molecule has 1 unspecified atom stereocenters. The lowest BCUT2D eigenvalue weighted by Crippen LogP contribution is -2.46. The minimum absolute atomic E-state index is 0.0384. The van der Waals surface area contributed by atoms with Crippen molar-refractivity contribution in [2.75, 3.05) is 6.61 Å². The summed E-state index contributed by atoms with van der Waals surface area (Å²) in [6.45, 7) is 6.70. The van der Waals surface area contributed by atoms with Crippen LogP contribution in [0.5, 0.6) is 0 Å². The molecule has 0 aliphatic heterocycles. The van der Waals surface area contributed by atoms with Crippen molar-refractivity contribution in [3.05, 3.63) is 28.5 Å². The van der Waals surface area contributed by atoms with E-state index >= 15 is 0 Å². The van der Waals surface area contributed by atoms with Gasteiger partial charge in [-0.1, -0.05) is 0 Å². The lowest BCUT2D eigenvalue weighted by Gasteiger charge is -2.31. The third-order valence-electron chi connectivity index (χ3n) is 2.63. The fourth-order valence-corrected chi connectivity index (χ4v) is 1.96. The zero-order chi connectivity index (χ0) is 12.2. The highest BCUT2D eigenvalue weighted by atomic mass is 79.9. The maximum Gasteiger partial charge on any atom is 0.0779 e. The number of aromatic nitrogens is 1. The SMILES string of the molecule is CCOC(C)(C)C(N)Cc1cncc(Br)c1. The van der Waals surface area contributed by atoms with E-state index < -0.39 is 0 Å². The van der Waals surface area contributed by atoms with Crippen LogP contribution in [0.2, 0.25) is 0 Å². The van der Waals surface area contributed by atoms with Crippen LogP contribution in [0.25, 0.3) is 0 Å². The van der Waals surface area contributed by atoms with Crippen molar-refractivity contribution in [2.45, 2.75) is 38.8 Å². The number of hydrogen-bond acceptors (Lipinski definition) is 3. The van der Waals surface area contributed by atoms with Crippen molar-refractivity contribution >= 4 is 15.9 Å². The molecule has 1 aromatic heterocycles. The average Bonchev–Trinajstić information content (AvgIpc) is 2.17. The van der Waals surface area contributed by atoms with Crippen LogP contribution in [-0.4, -0.2) is 23.2 Å². The van der Waals surface area contributed by atoms with Crippen LogP contribution in [0.15, 0.2) is 22.9 Å². The minimum atomic E-state index is -0.308. The van der Waals surface area contributed by atoms with Crippen molar-refractivity contribution < 1.29 is 4.74 Å². The lowest BCUT2D eigenvalue weighted by molar-refractivity contribution is -0.0288. The molecular formula is C12H19BrN2O. The first kappa shape index (κ1) is 13.6. The van der Waals surface area contributed by atoms with E-state index in [4.69, 9.17) is 10.5 Å². The Hall–Kier alpha value is -0.450. The molecule has 3 nitrogen and oxygen atoms in total. The normalized spacial score (nSPS) is 13.8. The first-order valence-electron chi connectivity index (χ1n) is 5.44. The zero-order valence-corrected chi connectivity index (χ0v) is 11.6. The van der Waals surface area contributed by atoms with Gasteiger partial charge in [0.2, 0.25) is 0 Å². The number of ether oxygens (including phenoxy) is 1. The molecule has 0 aliphatic carbocycles. The van der Waals surface area contributed by atoms with Gasteiger partial charge in [-0.05, 0) is 54.8 Å². The van der Waals surface area contributed by atoms with E-state index in [-0.39, 0.29) is 11.6 Å². The van der Waals surface area contributed by atoms with Gasteiger partial charge in [-0.3, -0.25) is 4.98 Å². The van der Waals surface area contributed by atoms with Gasteiger partial charge in [0.1, 0.15) is 0 Å². The molecular weight excluding hydrogens is 268 g/mol. The molecule has 0 aliphatic rings. The maximum absolute atomic E-state index is 6.15.